The molecule has 3 saturated carbocycles. The molecule has 3 heterocycles. The van der Waals surface area contributed by atoms with Crippen LogP contribution in [0.5, 0.6) is 0 Å². The fourth-order valence-corrected chi connectivity index (χ4v) is 6.27. The number of nitrogens with one attached hydrogen (secondary N) is 2. The van der Waals surface area contributed by atoms with E-state index >= 15 is 0 Å². The summed E-state index contributed by atoms with van der Waals surface area (Å²) >= 11 is 0. The second-order valence-electron chi connectivity index (χ2n) is 10.3. The number of carbonyl (C=O) groups excluding carboxylic acids is 1. The van der Waals surface area contributed by atoms with Crippen molar-refractivity contribution in [2.45, 2.75) is 75.7 Å². The molecule has 32 heavy (non-hydrogen) atoms. The summed E-state index contributed by atoms with van der Waals surface area (Å²) in [5.74, 6) is 1.71. The number of piperidine rings is 1. The average molecular weight is 439 g/mol. The van der Waals surface area contributed by atoms with Crippen LogP contribution >= 0.6 is 0 Å². The van der Waals surface area contributed by atoms with Crippen LogP contribution in [0.15, 0.2) is 18.5 Å². The summed E-state index contributed by atoms with van der Waals surface area (Å²) in [5.41, 5.74) is 3.29. The molecule has 0 radical (unpaired) electrons. The molecule has 4 aliphatic rings. The molecule has 2 aromatic heterocycles. The van der Waals surface area contributed by atoms with Crippen LogP contribution in [0.4, 0.5) is 5.82 Å². The largest absolute Gasteiger partial charge is 0.357 e. The van der Waals surface area contributed by atoms with Crippen molar-refractivity contribution in [2.24, 2.45) is 5.41 Å². The summed E-state index contributed by atoms with van der Waals surface area (Å²) in [4.78, 5) is 27.8. The first-order valence-electron chi connectivity index (χ1n) is 12.0. The van der Waals surface area contributed by atoms with Gasteiger partial charge in [0.25, 0.3) is 0 Å². The standard InChI is InChI=1S/C24H34N6O2/c1-30(18-6-9-25-10-7-18)20-11-17-12-27-22(28-19(17)13-26-20)24-14-23(15-24,16-24)8-4-2-3-5-21(31)29-32/h11-13,18,25,32H,2-10,14-16H2,1H3,(H,29,31). The predicted octanol–water partition coefficient (Wildman–Crippen LogP) is 3.09. The molecule has 6 rings (SSSR count). The molecule has 1 aliphatic heterocycles. The normalized spacial score (nSPS) is 26.9. The van der Waals surface area contributed by atoms with Gasteiger partial charge in [0.15, 0.2) is 0 Å². The van der Waals surface area contributed by atoms with Crippen molar-refractivity contribution < 1.29 is 10.0 Å². The molecule has 0 unspecified atom stereocenters. The first-order valence-corrected chi connectivity index (χ1v) is 12.0. The molecule has 8 heteroatoms. The van der Waals surface area contributed by atoms with E-state index in [9.17, 15) is 4.79 Å². The van der Waals surface area contributed by atoms with Crippen LogP contribution in [0, 0.1) is 5.41 Å². The fourth-order valence-electron chi connectivity index (χ4n) is 6.27. The van der Waals surface area contributed by atoms with Crippen molar-refractivity contribution in [1.82, 2.24) is 25.7 Å². The Morgan fingerprint density at radius 2 is 1.97 bits per heavy atom. The Morgan fingerprint density at radius 1 is 1.19 bits per heavy atom. The second-order valence-corrected chi connectivity index (χ2v) is 10.3. The first-order chi connectivity index (χ1) is 15.5. The van der Waals surface area contributed by atoms with E-state index in [1.165, 1.54) is 25.7 Å². The summed E-state index contributed by atoms with van der Waals surface area (Å²) in [6, 6.07) is 2.66. The quantitative estimate of drug-likeness (QED) is 0.314. The maximum absolute atomic E-state index is 11.1. The number of amides is 1. The van der Waals surface area contributed by atoms with Crippen molar-refractivity contribution >= 4 is 22.6 Å². The van der Waals surface area contributed by atoms with Gasteiger partial charge in [0.2, 0.25) is 5.91 Å². The van der Waals surface area contributed by atoms with Gasteiger partial charge in [0.05, 0.1) is 11.7 Å². The van der Waals surface area contributed by atoms with E-state index in [-0.39, 0.29) is 11.3 Å². The van der Waals surface area contributed by atoms with Crippen molar-refractivity contribution in [2.75, 3.05) is 25.0 Å². The Bertz CT molecular complexity index is 970. The van der Waals surface area contributed by atoms with E-state index in [0.717, 1.165) is 67.7 Å². The van der Waals surface area contributed by atoms with Gasteiger partial charge in [-0.05, 0) is 69.5 Å². The minimum atomic E-state index is -0.289. The summed E-state index contributed by atoms with van der Waals surface area (Å²) in [6.07, 6.45) is 14.4. The predicted molar refractivity (Wildman–Crippen MR) is 123 cm³/mol. The molecule has 8 nitrogen and oxygen atoms in total. The zero-order valence-electron chi connectivity index (χ0n) is 18.9. The van der Waals surface area contributed by atoms with Gasteiger partial charge in [-0.15, -0.1) is 0 Å². The van der Waals surface area contributed by atoms with Gasteiger partial charge in [-0.25, -0.2) is 20.4 Å². The number of carbonyl (C=O) groups is 1. The van der Waals surface area contributed by atoms with Crippen molar-refractivity contribution in [3.05, 3.63) is 24.3 Å². The highest BCUT2D eigenvalue weighted by atomic mass is 16.5. The summed E-state index contributed by atoms with van der Waals surface area (Å²) in [6.45, 7) is 2.14. The maximum atomic E-state index is 11.1. The highest BCUT2D eigenvalue weighted by Gasteiger charge is 2.69. The molecule has 0 spiro atoms. The van der Waals surface area contributed by atoms with E-state index < -0.39 is 0 Å². The van der Waals surface area contributed by atoms with Gasteiger partial charge in [0, 0.05) is 36.5 Å². The molecule has 172 valence electrons. The summed E-state index contributed by atoms with van der Waals surface area (Å²) in [5, 5.41) is 13.0. The van der Waals surface area contributed by atoms with Crippen LogP contribution in [-0.2, 0) is 10.2 Å². The molecular weight excluding hydrogens is 404 g/mol. The lowest BCUT2D eigenvalue weighted by molar-refractivity contribution is -0.152. The third-order valence-corrected chi connectivity index (χ3v) is 8.02. The molecular formula is C24H34N6O2. The summed E-state index contributed by atoms with van der Waals surface area (Å²) < 4.78 is 0. The van der Waals surface area contributed by atoms with Crippen molar-refractivity contribution in [3.8, 4) is 0 Å². The van der Waals surface area contributed by atoms with Gasteiger partial charge in [0.1, 0.15) is 11.6 Å². The SMILES string of the molecule is CN(c1cc2cnc(C34CC(CCCCCC(=O)NO)(C3)C4)nc2cn1)C1CCNCC1. The number of anilines is 1. The average Bonchev–Trinajstić information content (AvgIpc) is 2.78. The summed E-state index contributed by atoms with van der Waals surface area (Å²) in [7, 11) is 2.14. The maximum Gasteiger partial charge on any atom is 0.243 e. The van der Waals surface area contributed by atoms with E-state index in [0.29, 0.717) is 17.9 Å². The number of fused-ring (bicyclic) bond motifs is 1. The molecule has 2 bridgehead atoms. The Hall–Kier alpha value is -2.32. The number of nitrogens with zero attached hydrogens (tertiary/aromatic N) is 4. The fraction of sp³-hybridized carbons (Fsp3) is 0.667. The number of unbranched alkanes of at least 4 members (excludes halogenated alkanes) is 2. The van der Waals surface area contributed by atoms with Crippen LogP contribution in [0.25, 0.3) is 10.9 Å². The third kappa shape index (κ3) is 3.94. The van der Waals surface area contributed by atoms with Gasteiger partial charge >= 0.3 is 0 Å². The number of rotatable bonds is 9. The van der Waals surface area contributed by atoms with Gasteiger partial charge in [-0.2, -0.15) is 0 Å². The zero-order chi connectivity index (χ0) is 22.2. The van der Waals surface area contributed by atoms with Gasteiger partial charge in [-0.1, -0.05) is 12.8 Å². The Balaban J connectivity index is 1.17. The number of hydroxylamine groups is 1. The lowest BCUT2D eigenvalue weighted by Gasteiger charge is -2.70. The molecule has 0 aromatic carbocycles. The van der Waals surface area contributed by atoms with Crippen LogP contribution in [-0.4, -0.2) is 52.2 Å². The Morgan fingerprint density at radius 3 is 2.72 bits per heavy atom. The molecule has 3 aliphatic carbocycles. The molecule has 1 amide bonds. The molecule has 0 atom stereocenters. The van der Waals surface area contributed by atoms with E-state index in [1.54, 1.807) is 5.48 Å². The topological polar surface area (TPSA) is 103 Å². The Labute approximate surface area is 189 Å². The lowest BCUT2D eigenvalue weighted by atomic mass is 9.34. The minimum absolute atomic E-state index is 0.176. The molecule has 1 saturated heterocycles. The van der Waals surface area contributed by atoms with E-state index in [2.05, 4.69) is 23.3 Å². The smallest absolute Gasteiger partial charge is 0.243 e. The second kappa shape index (κ2) is 8.56. The van der Waals surface area contributed by atoms with Crippen LogP contribution in [0.1, 0.15) is 70.0 Å². The van der Waals surface area contributed by atoms with Crippen molar-refractivity contribution in [3.63, 3.8) is 0 Å². The van der Waals surface area contributed by atoms with E-state index in [4.69, 9.17) is 20.2 Å². The highest BCUT2D eigenvalue weighted by Crippen LogP contribution is 2.74. The number of hydrogen-bond acceptors (Lipinski definition) is 7. The van der Waals surface area contributed by atoms with Crippen LogP contribution in [0.3, 0.4) is 0 Å². The van der Waals surface area contributed by atoms with E-state index in [1.807, 2.05) is 12.4 Å². The van der Waals surface area contributed by atoms with Gasteiger partial charge in [-0.3, -0.25) is 10.0 Å². The molecule has 3 N–H and O–H groups in total. The monoisotopic (exact) mass is 438 g/mol. The Kier molecular flexibility index (Phi) is 5.75. The minimum Gasteiger partial charge on any atom is -0.357 e. The van der Waals surface area contributed by atoms with Gasteiger partial charge < -0.3 is 10.2 Å². The van der Waals surface area contributed by atoms with Crippen molar-refractivity contribution in [1.29, 1.82) is 0 Å². The van der Waals surface area contributed by atoms with Crippen LogP contribution in [0.2, 0.25) is 0 Å². The highest BCUT2D eigenvalue weighted by molar-refractivity contribution is 5.79. The molecule has 2 aromatic rings. The lowest BCUT2D eigenvalue weighted by Crippen LogP contribution is -2.65. The molecule has 4 fully saturated rings. The third-order valence-electron chi connectivity index (χ3n) is 8.02. The van der Waals surface area contributed by atoms with Crippen LogP contribution < -0.4 is 15.7 Å². The first kappa shape index (κ1) is 21.5. The zero-order valence-corrected chi connectivity index (χ0v) is 18.9. The number of hydrogen-bond donors (Lipinski definition) is 3. The number of pyridine rings is 1. The number of aromatic nitrogens is 3.